The molecule has 1 fully saturated rings. The van der Waals surface area contributed by atoms with Crippen molar-refractivity contribution in [1.82, 2.24) is 18.8 Å². The Balaban J connectivity index is 1.61. The number of ether oxygens (including phenoxy) is 1. The molecule has 1 saturated heterocycles. The van der Waals surface area contributed by atoms with Crippen molar-refractivity contribution in [2.45, 2.75) is 25.3 Å². The number of aryl methyl sites for hydroxylation is 1. The van der Waals surface area contributed by atoms with Gasteiger partial charge in [-0.2, -0.15) is 4.31 Å². The highest BCUT2D eigenvalue weighted by Crippen LogP contribution is 2.27. The second kappa shape index (κ2) is 8.20. The monoisotopic (exact) mass is 378 g/mol. The molecule has 3 rings (SSSR count). The number of benzene rings is 1. The van der Waals surface area contributed by atoms with Gasteiger partial charge in [0.25, 0.3) is 0 Å². The SMILES string of the molecule is CCOc1ccccc1S(=O)(=O)N1CCN(CCn2ccnc2C)CC1. The minimum absolute atomic E-state index is 0.254. The summed E-state index contributed by atoms with van der Waals surface area (Å²) < 4.78 is 35.2. The summed E-state index contributed by atoms with van der Waals surface area (Å²) in [7, 11) is -3.54. The average molecular weight is 378 g/mol. The van der Waals surface area contributed by atoms with Gasteiger partial charge < -0.3 is 9.30 Å². The first-order chi connectivity index (χ1) is 12.5. The summed E-state index contributed by atoms with van der Waals surface area (Å²) >= 11 is 0. The molecule has 0 spiro atoms. The zero-order valence-corrected chi connectivity index (χ0v) is 16.2. The zero-order valence-electron chi connectivity index (χ0n) is 15.3. The van der Waals surface area contributed by atoms with E-state index in [0.717, 1.165) is 32.0 Å². The van der Waals surface area contributed by atoms with Gasteiger partial charge in [-0.1, -0.05) is 12.1 Å². The molecule has 1 aliphatic rings. The predicted molar refractivity (Wildman–Crippen MR) is 99.8 cm³/mol. The van der Waals surface area contributed by atoms with Gasteiger partial charge in [-0.25, -0.2) is 13.4 Å². The van der Waals surface area contributed by atoms with Crippen LogP contribution < -0.4 is 4.74 Å². The van der Waals surface area contributed by atoms with Gasteiger partial charge in [0.15, 0.2) is 0 Å². The van der Waals surface area contributed by atoms with Crippen molar-refractivity contribution in [2.24, 2.45) is 0 Å². The van der Waals surface area contributed by atoms with Gasteiger partial charge in [0.1, 0.15) is 16.5 Å². The van der Waals surface area contributed by atoms with Crippen LogP contribution in [0.25, 0.3) is 0 Å². The van der Waals surface area contributed by atoms with Crippen molar-refractivity contribution in [3.05, 3.63) is 42.5 Å². The average Bonchev–Trinajstić information content (AvgIpc) is 3.06. The Morgan fingerprint density at radius 2 is 1.85 bits per heavy atom. The fourth-order valence-corrected chi connectivity index (χ4v) is 4.71. The third-order valence-corrected chi connectivity index (χ3v) is 6.62. The van der Waals surface area contributed by atoms with E-state index in [1.165, 1.54) is 0 Å². The molecule has 1 aromatic heterocycles. The predicted octanol–water partition coefficient (Wildman–Crippen LogP) is 1.60. The van der Waals surface area contributed by atoms with Gasteiger partial charge >= 0.3 is 0 Å². The molecular formula is C18H26N4O3S. The highest BCUT2D eigenvalue weighted by Gasteiger charge is 2.30. The highest BCUT2D eigenvalue weighted by atomic mass is 32.2. The number of nitrogens with zero attached hydrogens (tertiary/aromatic N) is 4. The van der Waals surface area contributed by atoms with E-state index in [2.05, 4.69) is 14.5 Å². The summed E-state index contributed by atoms with van der Waals surface area (Å²) in [5.74, 6) is 1.42. The summed E-state index contributed by atoms with van der Waals surface area (Å²) in [4.78, 5) is 6.77. The molecule has 0 unspecified atom stereocenters. The molecule has 2 heterocycles. The van der Waals surface area contributed by atoms with Gasteiger partial charge in [0.2, 0.25) is 10.0 Å². The number of sulfonamides is 1. The first-order valence-corrected chi connectivity index (χ1v) is 10.4. The van der Waals surface area contributed by atoms with Gasteiger partial charge in [-0.3, -0.25) is 4.90 Å². The molecule has 0 amide bonds. The lowest BCUT2D eigenvalue weighted by Crippen LogP contribution is -2.49. The minimum atomic E-state index is -3.54. The van der Waals surface area contributed by atoms with Crippen LogP contribution in [0.15, 0.2) is 41.6 Å². The van der Waals surface area contributed by atoms with Crippen molar-refractivity contribution < 1.29 is 13.2 Å². The molecule has 2 aromatic rings. The molecule has 0 radical (unpaired) electrons. The zero-order chi connectivity index (χ0) is 18.6. The van der Waals surface area contributed by atoms with Crippen molar-refractivity contribution in [2.75, 3.05) is 39.3 Å². The Hall–Kier alpha value is -1.90. The third kappa shape index (κ3) is 4.08. The number of imidazole rings is 1. The second-order valence-corrected chi connectivity index (χ2v) is 8.20. The first kappa shape index (κ1) is 18.9. The van der Waals surface area contributed by atoms with Gasteiger partial charge in [-0.05, 0) is 26.0 Å². The Labute approximate surface area is 155 Å². The van der Waals surface area contributed by atoms with E-state index < -0.39 is 10.0 Å². The smallest absolute Gasteiger partial charge is 0.246 e. The number of hydrogen-bond acceptors (Lipinski definition) is 5. The van der Waals surface area contributed by atoms with Crippen LogP contribution in [-0.2, 0) is 16.6 Å². The van der Waals surface area contributed by atoms with Crippen molar-refractivity contribution in [1.29, 1.82) is 0 Å². The summed E-state index contributed by atoms with van der Waals surface area (Å²) in [6, 6.07) is 6.85. The first-order valence-electron chi connectivity index (χ1n) is 8.94. The summed E-state index contributed by atoms with van der Waals surface area (Å²) in [5.41, 5.74) is 0. The van der Waals surface area contributed by atoms with Crippen LogP contribution in [0.5, 0.6) is 5.75 Å². The molecule has 1 aromatic carbocycles. The molecule has 8 heteroatoms. The number of rotatable bonds is 7. The van der Waals surface area contributed by atoms with E-state index in [0.29, 0.717) is 25.4 Å². The van der Waals surface area contributed by atoms with E-state index in [1.807, 2.05) is 20.0 Å². The van der Waals surface area contributed by atoms with E-state index >= 15 is 0 Å². The molecule has 0 N–H and O–H groups in total. The van der Waals surface area contributed by atoms with Crippen molar-refractivity contribution in [3.8, 4) is 5.75 Å². The number of piperazine rings is 1. The van der Waals surface area contributed by atoms with Gasteiger partial charge in [0, 0.05) is 51.7 Å². The number of hydrogen-bond donors (Lipinski definition) is 0. The summed E-state index contributed by atoms with van der Waals surface area (Å²) in [5, 5.41) is 0. The Kier molecular flexibility index (Phi) is 5.95. The fourth-order valence-electron chi connectivity index (χ4n) is 3.16. The minimum Gasteiger partial charge on any atom is -0.492 e. The maximum atomic E-state index is 13.0. The standard InChI is InChI=1S/C18H26N4O3S/c1-3-25-17-6-4-5-7-18(17)26(23,24)22-14-11-20(12-15-22)10-13-21-9-8-19-16(21)2/h4-9H,3,10-15H2,1-2H3. The molecule has 0 atom stereocenters. The van der Waals surface area contributed by atoms with Crippen LogP contribution in [0.3, 0.4) is 0 Å². The van der Waals surface area contributed by atoms with Crippen LogP contribution in [0.1, 0.15) is 12.7 Å². The molecule has 1 aliphatic heterocycles. The normalized spacial score (nSPS) is 16.7. The molecule has 142 valence electrons. The van der Waals surface area contributed by atoms with Crippen LogP contribution in [0.2, 0.25) is 0 Å². The highest BCUT2D eigenvalue weighted by molar-refractivity contribution is 7.89. The van der Waals surface area contributed by atoms with E-state index in [-0.39, 0.29) is 4.90 Å². The van der Waals surface area contributed by atoms with E-state index in [4.69, 9.17) is 4.74 Å². The van der Waals surface area contributed by atoms with Crippen LogP contribution in [0, 0.1) is 6.92 Å². The fraction of sp³-hybridized carbons (Fsp3) is 0.500. The molecule has 0 bridgehead atoms. The van der Waals surface area contributed by atoms with Crippen LogP contribution in [-0.4, -0.2) is 66.5 Å². The van der Waals surface area contributed by atoms with E-state index in [1.54, 1.807) is 34.8 Å². The Bertz CT molecular complexity index is 826. The lowest BCUT2D eigenvalue weighted by Gasteiger charge is -2.34. The van der Waals surface area contributed by atoms with Crippen molar-refractivity contribution >= 4 is 10.0 Å². The van der Waals surface area contributed by atoms with Gasteiger partial charge in [-0.15, -0.1) is 0 Å². The lowest BCUT2D eigenvalue weighted by molar-refractivity contribution is 0.182. The molecule has 0 saturated carbocycles. The molecule has 0 aliphatic carbocycles. The van der Waals surface area contributed by atoms with Crippen LogP contribution >= 0.6 is 0 Å². The quantitative estimate of drug-likeness (QED) is 0.732. The van der Waals surface area contributed by atoms with Crippen molar-refractivity contribution in [3.63, 3.8) is 0 Å². The maximum absolute atomic E-state index is 13.0. The largest absolute Gasteiger partial charge is 0.492 e. The Morgan fingerprint density at radius 3 is 2.50 bits per heavy atom. The third-order valence-electron chi connectivity index (χ3n) is 4.68. The lowest BCUT2D eigenvalue weighted by atomic mass is 10.3. The van der Waals surface area contributed by atoms with Crippen LogP contribution in [0.4, 0.5) is 0 Å². The van der Waals surface area contributed by atoms with Gasteiger partial charge in [0.05, 0.1) is 6.61 Å². The maximum Gasteiger partial charge on any atom is 0.246 e. The number of para-hydroxylation sites is 1. The molecule has 26 heavy (non-hydrogen) atoms. The van der Waals surface area contributed by atoms with E-state index in [9.17, 15) is 8.42 Å². The number of aromatic nitrogens is 2. The second-order valence-electron chi connectivity index (χ2n) is 6.29. The topological polar surface area (TPSA) is 67.7 Å². The Morgan fingerprint density at radius 1 is 1.12 bits per heavy atom. The summed E-state index contributed by atoms with van der Waals surface area (Å²) in [6.45, 7) is 8.47. The molecule has 7 nitrogen and oxygen atoms in total. The molecular weight excluding hydrogens is 352 g/mol. The summed E-state index contributed by atoms with van der Waals surface area (Å²) in [6.07, 6.45) is 3.77.